The predicted octanol–water partition coefficient (Wildman–Crippen LogP) is 2.35. The third-order valence-corrected chi connectivity index (χ3v) is 4.81. The molecule has 0 radical (unpaired) electrons. The van der Waals surface area contributed by atoms with Crippen LogP contribution in [0.4, 0.5) is 5.82 Å². The van der Waals surface area contributed by atoms with Gasteiger partial charge in [0.2, 0.25) is 0 Å². The van der Waals surface area contributed by atoms with Gasteiger partial charge < -0.3 is 25.3 Å². The van der Waals surface area contributed by atoms with Crippen molar-refractivity contribution in [2.75, 3.05) is 25.2 Å². The number of carbonyl (C=O) groups excluding carboxylic acids is 2. The number of ether oxygens (including phenoxy) is 2. The summed E-state index contributed by atoms with van der Waals surface area (Å²) in [7, 11) is 1.21. The van der Waals surface area contributed by atoms with Crippen LogP contribution in [0.2, 0.25) is 0 Å². The molecule has 3 rings (SSSR count). The van der Waals surface area contributed by atoms with Crippen molar-refractivity contribution in [3.05, 3.63) is 47.6 Å². The van der Waals surface area contributed by atoms with E-state index in [1.165, 1.54) is 13.3 Å². The molecule has 30 heavy (non-hydrogen) atoms. The van der Waals surface area contributed by atoms with Crippen LogP contribution in [-0.2, 0) is 14.3 Å². The van der Waals surface area contributed by atoms with Crippen molar-refractivity contribution >= 4 is 46.1 Å². The molecule has 2 heterocycles. The van der Waals surface area contributed by atoms with Crippen LogP contribution in [0.5, 0.6) is 0 Å². The lowest BCUT2D eigenvalue weighted by Crippen LogP contribution is -2.11. The molecule has 0 atom stereocenters. The van der Waals surface area contributed by atoms with Crippen LogP contribution in [0.3, 0.4) is 0 Å². The molecule has 3 aromatic rings. The quantitative estimate of drug-likeness (QED) is 0.168. The first-order valence-electron chi connectivity index (χ1n) is 8.82. The Hall–Kier alpha value is -3.60. The number of esters is 2. The molecule has 0 bridgehead atoms. The van der Waals surface area contributed by atoms with Gasteiger partial charge in [0.15, 0.2) is 5.16 Å². The topological polar surface area (TPSA) is 153 Å². The van der Waals surface area contributed by atoms with Gasteiger partial charge in [0.25, 0.3) is 0 Å². The minimum Gasteiger partial charge on any atom is -0.510 e. The number of aromatic nitrogens is 4. The van der Waals surface area contributed by atoms with Crippen molar-refractivity contribution in [3.63, 3.8) is 0 Å². The van der Waals surface area contributed by atoms with Crippen LogP contribution in [-0.4, -0.2) is 56.5 Å². The molecule has 0 aliphatic carbocycles. The molecular formula is C19H19N5O5S. The molecule has 0 amide bonds. The SMILES string of the molecule is CCOC(=O)c1cnc(SC/C(O)=C(\C(=O)OC)c2nc3ccccc3[nH]2)nc1N. The highest BCUT2D eigenvalue weighted by Crippen LogP contribution is 2.25. The maximum atomic E-state index is 12.3. The summed E-state index contributed by atoms with van der Waals surface area (Å²) in [4.78, 5) is 39.4. The van der Waals surface area contributed by atoms with Gasteiger partial charge >= 0.3 is 11.9 Å². The first-order chi connectivity index (χ1) is 14.4. The van der Waals surface area contributed by atoms with E-state index in [-0.39, 0.29) is 46.1 Å². The number of H-pyrrole nitrogens is 1. The van der Waals surface area contributed by atoms with Gasteiger partial charge in [0.1, 0.15) is 28.5 Å². The van der Waals surface area contributed by atoms with Gasteiger partial charge in [-0.3, -0.25) is 0 Å². The summed E-state index contributed by atoms with van der Waals surface area (Å²) in [5, 5.41) is 10.8. The molecule has 0 aliphatic rings. The molecule has 0 fully saturated rings. The Bertz CT molecular complexity index is 1090. The number of carbonyl (C=O) groups is 2. The lowest BCUT2D eigenvalue weighted by atomic mass is 10.2. The van der Waals surface area contributed by atoms with E-state index in [1.807, 2.05) is 12.1 Å². The van der Waals surface area contributed by atoms with Crippen molar-refractivity contribution in [3.8, 4) is 0 Å². The molecule has 4 N–H and O–H groups in total. The van der Waals surface area contributed by atoms with E-state index in [0.29, 0.717) is 11.0 Å². The smallest absolute Gasteiger partial charge is 0.345 e. The standard InChI is InChI=1S/C19H19N5O5S/c1-3-29-17(26)10-8-21-19(24-15(10)20)30-9-13(25)14(18(27)28-2)16-22-11-6-4-5-7-12(11)23-16/h4-8,25H,3,9H2,1-2H3,(H,22,23)(H2,20,21,24)/b14-13+. The molecular weight excluding hydrogens is 410 g/mol. The summed E-state index contributed by atoms with van der Waals surface area (Å²) >= 11 is 1.02. The number of methoxy groups -OCH3 is 1. The molecule has 156 valence electrons. The third kappa shape index (κ3) is 4.51. The number of aromatic amines is 1. The first kappa shape index (κ1) is 21.1. The number of aliphatic hydroxyl groups excluding tert-OH is 1. The number of nitrogens with one attached hydrogen (secondary N) is 1. The van der Waals surface area contributed by atoms with E-state index >= 15 is 0 Å². The zero-order valence-electron chi connectivity index (χ0n) is 16.2. The Balaban J connectivity index is 1.84. The van der Waals surface area contributed by atoms with E-state index in [4.69, 9.17) is 15.2 Å². The minimum atomic E-state index is -0.745. The molecule has 0 saturated carbocycles. The third-order valence-electron chi connectivity index (χ3n) is 3.93. The summed E-state index contributed by atoms with van der Waals surface area (Å²) in [5.74, 6) is -1.56. The normalized spacial score (nSPS) is 11.8. The molecule has 10 nitrogen and oxygen atoms in total. The summed E-state index contributed by atoms with van der Waals surface area (Å²) in [5.41, 5.74) is 7.10. The molecule has 0 aliphatic heterocycles. The number of fused-ring (bicyclic) bond motifs is 1. The van der Waals surface area contributed by atoms with Crippen molar-refractivity contribution in [2.45, 2.75) is 12.1 Å². The molecule has 11 heteroatoms. The predicted molar refractivity (Wildman–Crippen MR) is 111 cm³/mol. The Morgan fingerprint density at radius 2 is 2.03 bits per heavy atom. The monoisotopic (exact) mass is 429 g/mol. The maximum absolute atomic E-state index is 12.3. The number of hydrogen-bond acceptors (Lipinski definition) is 10. The van der Waals surface area contributed by atoms with Gasteiger partial charge in [0, 0.05) is 6.20 Å². The number of imidazole rings is 1. The number of benzene rings is 1. The number of nitrogens with two attached hydrogens (primary N) is 1. The summed E-state index contributed by atoms with van der Waals surface area (Å²) in [6, 6.07) is 7.21. The summed E-state index contributed by atoms with van der Waals surface area (Å²) < 4.78 is 9.67. The Morgan fingerprint density at radius 3 is 2.70 bits per heavy atom. The number of hydrogen-bond donors (Lipinski definition) is 3. The number of rotatable bonds is 7. The number of anilines is 1. The van der Waals surface area contributed by atoms with Crippen LogP contribution in [0.25, 0.3) is 16.6 Å². The van der Waals surface area contributed by atoms with Crippen molar-refractivity contribution in [1.82, 2.24) is 19.9 Å². The van der Waals surface area contributed by atoms with Crippen LogP contribution in [0.1, 0.15) is 23.1 Å². The second kappa shape index (κ2) is 9.27. The second-order valence-electron chi connectivity index (χ2n) is 5.88. The zero-order valence-corrected chi connectivity index (χ0v) is 17.0. The maximum Gasteiger partial charge on any atom is 0.345 e. The molecule has 0 spiro atoms. The van der Waals surface area contributed by atoms with Crippen molar-refractivity contribution in [2.24, 2.45) is 0 Å². The highest BCUT2D eigenvalue weighted by molar-refractivity contribution is 7.99. The van der Waals surface area contributed by atoms with E-state index in [1.54, 1.807) is 19.1 Å². The van der Waals surface area contributed by atoms with Crippen LogP contribution in [0, 0.1) is 0 Å². The molecule has 0 unspecified atom stereocenters. The zero-order chi connectivity index (χ0) is 21.7. The fraction of sp³-hybridized carbons (Fsp3) is 0.211. The van der Waals surface area contributed by atoms with Gasteiger partial charge in [-0.1, -0.05) is 23.9 Å². The van der Waals surface area contributed by atoms with Gasteiger partial charge in [0.05, 0.1) is 30.5 Å². The molecule has 2 aromatic heterocycles. The van der Waals surface area contributed by atoms with Gasteiger partial charge in [-0.15, -0.1) is 0 Å². The van der Waals surface area contributed by atoms with Gasteiger partial charge in [-0.05, 0) is 19.1 Å². The lowest BCUT2D eigenvalue weighted by Gasteiger charge is -2.08. The van der Waals surface area contributed by atoms with Crippen molar-refractivity contribution in [1.29, 1.82) is 0 Å². The summed E-state index contributed by atoms with van der Waals surface area (Å²) in [6.07, 6.45) is 1.25. The number of thioether (sulfide) groups is 1. The number of para-hydroxylation sites is 2. The Kier molecular flexibility index (Phi) is 6.52. The number of aliphatic hydroxyl groups is 1. The number of nitrogen functional groups attached to an aromatic ring is 1. The second-order valence-corrected chi connectivity index (χ2v) is 6.82. The Morgan fingerprint density at radius 1 is 1.27 bits per heavy atom. The van der Waals surface area contributed by atoms with E-state index in [2.05, 4.69) is 19.9 Å². The molecule has 0 saturated heterocycles. The van der Waals surface area contributed by atoms with Crippen LogP contribution in [0.15, 0.2) is 41.4 Å². The largest absolute Gasteiger partial charge is 0.510 e. The van der Waals surface area contributed by atoms with E-state index < -0.39 is 11.9 Å². The molecule has 1 aromatic carbocycles. The van der Waals surface area contributed by atoms with Gasteiger partial charge in [-0.2, -0.15) is 0 Å². The Labute approximate surface area is 175 Å². The van der Waals surface area contributed by atoms with Crippen LogP contribution < -0.4 is 5.73 Å². The minimum absolute atomic E-state index is 0.0418. The first-order valence-corrected chi connectivity index (χ1v) is 9.81. The van der Waals surface area contributed by atoms with E-state index in [9.17, 15) is 14.7 Å². The van der Waals surface area contributed by atoms with Crippen molar-refractivity contribution < 1.29 is 24.2 Å². The fourth-order valence-corrected chi connectivity index (χ4v) is 3.24. The fourth-order valence-electron chi connectivity index (χ4n) is 2.54. The number of nitrogens with zero attached hydrogens (tertiary/aromatic N) is 3. The summed E-state index contributed by atoms with van der Waals surface area (Å²) in [6.45, 7) is 1.88. The highest BCUT2D eigenvalue weighted by Gasteiger charge is 2.22. The van der Waals surface area contributed by atoms with Crippen LogP contribution >= 0.6 is 11.8 Å². The van der Waals surface area contributed by atoms with E-state index in [0.717, 1.165) is 11.8 Å². The average molecular weight is 429 g/mol. The average Bonchev–Trinajstić information content (AvgIpc) is 3.15. The lowest BCUT2D eigenvalue weighted by molar-refractivity contribution is -0.133. The highest BCUT2D eigenvalue weighted by atomic mass is 32.2. The van der Waals surface area contributed by atoms with Gasteiger partial charge in [-0.25, -0.2) is 24.5 Å².